The Morgan fingerprint density at radius 2 is 1.00 bits per heavy atom. The molecule has 2 heterocycles. The molecule has 2 unspecified atom stereocenters. The number of urea groups is 2. The van der Waals surface area contributed by atoms with Gasteiger partial charge in [0.1, 0.15) is 0 Å². The predicted octanol–water partition coefficient (Wildman–Crippen LogP) is 3.95. The zero-order valence-corrected chi connectivity index (χ0v) is 30.6. The van der Waals surface area contributed by atoms with E-state index in [4.69, 9.17) is 9.47 Å². The van der Waals surface area contributed by atoms with Crippen molar-refractivity contribution in [1.29, 1.82) is 0 Å². The van der Waals surface area contributed by atoms with E-state index < -0.39 is 66.0 Å². The molecule has 0 radical (unpaired) electrons. The van der Waals surface area contributed by atoms with E-state index >= 15 is 0 Å². The van der Waals surface area contributed by atoms with E-state index in [1.165, 1.54) is 6.07 Å². The average Bonchev–Trinajstić information content (AvgIpc) is 3.13. The molecule has 3 aromatic rings. The number of amides is 4. The molecule has 2 atom stereocenters. The van der Waals surface area contributed by atoms with Gasteiger partial charge in [-0.3, -0.25) is 0 Å². The fourth-order valence-corrected chi connectivity index (χ4v) is 8.71. The summed E-state index contributed by atoms with van der Waals surface area (Å²) in [7, 11) is 0. The monoisotopic (exact) mass is 810 g/mol. The van der Waals surface area contributed by atoms with Gasteiger partial charge in [-0.15, -0.1) is 0 Å². The Kier molecular flexibility index (Phi) is 12.4. The summed E-state index contributed by atoms with van der Waals surface area (Å²) in [6, 6.07) is 21.9. The molecule has 0 spiro atoms. The number of carbonyl (C=O) groups is 6. The molecule has 5 rings (SSSR count). The van der Waals surface area contributed by atoms with E-state index in [0.717, 1.165) is 0 Å². The van der Waals surface area contributed by atoms with Gasteiger partial charge in [-0.1, -0.05) is 0 Å². The minimum atomic E-state index is -0.753. The van der Waals surface area contributed by atoms with Crippen molar-refractivity contribution in [3.63, 3.8) is 0 Å². The van der Waals surface area contributed by atoms with E-state index in [0.29, 0.717) is 33.6 Å². The van der Waals surface area contributed by atoms with Crippen LogP contribution in [0.4, 0.5) is 9.59 Å². The Balaban J connectivity index is 1.32. The first kappa shape index (κ1) is 36.3. The van der Waals surface area contributed by atoms with Crippen LogP contribution < -0.4 is 21.3 Å². The third-order valence-electron chi connectivity index (χ3n) is 7.59. The Bertz CT molecular complexity index is 1730. The standard InChI is InChI=1S/C36H34N4O8Se2/c1-3-47-31(41)27-25(37-35(45)39-29(27)21-12-7-5-8-13-21)19-49-33(43)23-16-11-17-24(18-23)34(44)50-20-26-28(32(42)48-4-2)30(40-36(46)38-26)22-14-9-6-10-15-22/h5-18,29-30H,3-4,19-20H2,1-2H3,(H2,37,39,45)(H2,38,40,46). The first-order chi connectivity index (χ1) is 24.2. The molecule has 2 aliphatic rings. The molecule has 2 aliphatic heterocycles. The van der Waals surface area contributed by atoms with Crippen LogP contribution in [-0.2, 0) is 19.1 Å². The van der Waals surface area contributed by atoms with Gasteiger partial charge in [0.25, 0.3) is 0 Å². The molecule has 14 heteroatoms. The Morgan fingerprint density at radius 3 is 1.38 bits per heavy atom. The summed E-state index contributed by atoms with van der Waals surface area (Å²) in [5.74, 6) is -1.19. The second kappa shape index (κ2) is 17.1. The molecule has 0 fully saturated rings. The predicted molar refractivity (Wildman–Crippen MR) is 185 cm³/mol. The number of hydrogen-bond donors (Lipinski definition) is 4. The van der Waals surface area contributed by atoms with Crippen LogP contribution in [0, 0.1) is 0 Å². The van der Waals surface area contributed by atoms with Crippen LogP contribution in [0.3, 0.4) is 0 Å². The maximum absolute atomic E-state index is 13.4. The van der Waals surface area contributed by atoms with Crippen LogP contribution in [0.2, 0.25) is 10.6 Å². The van der Waals surface area contributed by atoms with Gasteiger partial charge in [0.2, 0.25) is 0 Å². The summed E-state index contributed by atoms with van der Waals surface area (Å²) in [5, 5.41) is 11.2. The second-order valence-corrected chi connectivity index (χ2v) is 14.8. The molecule has 0 aromatic heterocycles. The van der Waals surface area contributed by atoms with Crippen molar-refractivity contribution in [2.75, 3.05) is 13.2 Å². The number of rotatable bonds is 14. The SMILES string of the molecule is CCOC(=O)C1=C(C[Se]C(=O)c2cccc(C(=O)[Se]CC3=C(C(=O)OCC)C(c4ccccc4)NC(=O)N3)c2)NC(=O)NC1c1ccccc1. The van der Waals surface area contributed by atoms with Crippen molar-refractivity contribution in [1.82, 2.24) is 21.3 Å². The summed E-state index contributed by atoms with van der Waals surface area (Å²) >= 11 is -1.51. The van der Waals surface area contributed by atoms with E-state index in [1.54, 1.807) is 80.6 Å². The van der Waals surface area contributed by atoms with Gasteiger partial charge in [-0.2, -0.15) is 0 Å². The Hall–Kier alpha value is -5.00. The van der Waals surface area contributed by atoms with Crippen LogP contribution in [0.1, 0.15) is 57.8 Å². The first-order valence-corrected chi connectivity index (χ1v) is 19.8. The molecular formula is C36H34N4O8Se2. The quantitative estimate of drug-likeness (QED) is 0.140. The van der Waals surface area contributed by atoms with Gasteiger partial charge in [-0.25, -0.2) is 0 Å². The van der Waals surface area contributed by atoms with Gasteiger partial charge in [0.15, 0.2) is 0 Å². The molecule has 4 N–H and O–H groups in total. The summed E-state index contributed by atoms with van der Waals surface area (Å²) in [4.78, 5) is 78.2. The van der Waals surface area contributed by atoms with Crippen molar-refractivity contribution >= 4 is 63.3 Å². The molecule has 4 amide bonds. The Labute approximate surface area is 301 Å². The summed E-state index contributed by atoms with van der Waals surface area (Å²) in [6.07, 6.45) is 0. The molecule has 50 heavy (non-hydrogen) atoms. The zero-order chi connectivity index (χ0) is 35.6. The van der Waals surface area contributed by atoms with E-state index in [-0.39, 0.29) is 44.4 Å². The number of allylic oxidation sites excluding steroid dienone is 2. The van der Waals surface area contributed by atoms with Crippen molar-refractivity contribution < 1.29 is 38.2 Å². The molecule has 0 saturated heterocycles. The van der Waals surface area contributed by atoms with Crippen LogP contribution in [-0.4, -0.2) is 76.5 Å². The molecule has 3 aromatic carbocycles. The van der Waals surface area contributed by atoms with Gasteiger partial charge in [-0.05, 0) is 0 Å². The zero-order valence-electron chi connectivity index (χ0n) is 27.1. The molecule has 0 aliphatic carbocycles. The number of carbonyl (C=O) groups excluding carboxylic acids is 6. The summed E-state index contributed by atoms with van der Waals surface area (Å²) in [6.45, 7) is 3.65. The normalized spacial score (nSPS) is 17.2. The van der Waals surface area contributed by atoms with Crippen LogP contribution >= 0.6 is 0 Å². The van der Waals surface area contributed by atoms with Gasteiger partial charge < -0.3 is 0 Å². The van der Waals surface area contributed by atoms with Gasteiger partial charge in [0, 0.05) is 0 Å². The van der Waals surface area contributed by atoms with E-state index in [2.05, 4.69) is 21.3 Å². The number of nitrogens with one attached hydrogen (secondary N) is 4. The third kappa shape index (κ3) is 8.77. The molecule has 0 bridgehead atoms. The van der Waals surface area contributed by atoms with Crippen LogP contribution in [0.5, 0.6) is 0 Å². The number of benzene rings is 3. The van der Waals surface area contributed by atoms with Crippen molar-refractivity contribution in [2.24, 2.45) is 0 Å². The fraction of sp³-hybridized carbons (Fsp3) is 0.222. The number of esters is 2. The van der Waals surface area contributed by atoms with E-state index in [9.17, 15) is 28.8 Å². The van der Waals surface area contributed by atoms with Crippen molar-refractivity contribution in [2.45, 2.75) is 36.6 Å². The summed E-state index contributed by atoms with van der Waals surface area (Å²) in [5.41, 5.74) is 3.11. The minimum absolute atomic E-state index is 0.111. The van der Waals surface area contributed by atoms with Crippen molar-refractivity contribution in [3.8, 4) is 0 Å². The number of ether oxygens (including phenoxy) is 2. The van der Waals surface area contributed by atoms with Crippen LogP contribution in [0.15, 0.2) is 107 Å². The van der Waals surface area contributed by atoms with Gasteiger partial charge >= 0.3 is 302 Å². The van der Waals surface area contributed by atoms with Crippen LogP contribution in [0.25, 0.3) is 0 Å². The molecule has 0 saturated carbocycles. The maximum atomic E-state index is 13.4. The molecular weight excluding hydrogens is 774 g/mol. The first-order valence-electron chi connectivity index (χ1n) is 15.7. The molecule has 12 nitrogen and oxygen atoms in total. The van der Waals surface area contributed by atoms with E-state index in [1.807, 2.05) is 12.1 Å². The fourth-order valence-electron chi connectivity index (χ4n) is 5.37. The summed E-state index contributed by atoms with van der Waals surface area (Å²) < 4.78 is 10.1. The topological polar surface area (TPSA) is 169 Å². The second-order valence-electron chi connectivity index (χ2n) is 10.8. The number of hydrogen-bond acceptors (Lipinski definition) is 8. The average molecular weight is 809 g/mol. The Morgan fingerprint density at radius 1 is 0.600 bits per heavy atom. The molecule has 258 valence electrons. The third-order valence-corrected chi connectivity index (χ3v) is 11.5. The van der Waals surface area contributed by atoms with Gasteiger partial charge in [0.05, 0.1) is 0 Å². The van der Waals surface area contributed by atoms with Crippen molar-refractivity contribution in [3.05, 3.63) is 130 Å².